The maximum atomic E-state index is 9.29. The lowest BCUT2D eigenvalue weighted by molar-refractivity contribution is 0.0871. The molecule has 132 valence electrons. The number of aromatic hydroxyl groups is 1. The molecule has 1 aromatic carbocycles. The zero-order valence-corrected chi connectivity index (χ0v) is 14.1. The normalized spacial score (nSPS) is 16.6. The van der Waals surface area contributed by atoms with Gasteiger partial charge in [-0.15, -0.1) is 0 Å². The number of phenols is 1. The van der Waals surface area contributed by atoms with Crippen molar-refractivity contribution >= 4 is 11.9 Å². The maximum Gasteiger partial charge on any atom is 0.174 e. The molecule has 1 aliphatic rings. The van der Waals surface area contributed by atoms with Gasteiger partial charge in [0.05, 0.1) is 6.04 Å². The molecule has 1 fully saturated rings. The molecular weight excluding hydrogens is 318 g/mol. The van der Waals surface area contributed by atoms with Crippen LogP contribution in [0.1, 0.15) is 30.1 Å². The Balaban J connectivity index is 1.52. The highest BCUT2D eigenvalue weighted by Crippen LogP contribution is 2.12. The molecule has 3 rings (SSSR count). The van der Waals surface area contributed by atoms with E-state index < -0.39 is 0 Å². The predicted octanol–water partition coefficient (Wildman–Crippen LogP) is 1.84. The molecular formula is C18H23N5O2. The standard InChI is InChI=1S/C18H23N5O2/c19-16(20-14-9-11-25-12-10-14)6-8-18-21-17(22-23-18)7-3-13-1-4-15(24)5-2-13/h1-2,4-6,8,14,24H,3,7,9-12H2,(H2,19,20)(H,21,22,23)/b8-6-. The van der Waals surface area contributed by atoms with Gasteiger partial charge in [0, 0.05) is 19.6 Å². The second kappa shape index (κ2) is 8.43. The molecule has 7 heteroatoms. The molecule has 7 nitrogen and oxygen atoms in total. The van der Waals surface area contributed by atoms with Crippen LogP contribution in [-0.2, 0) is 17.6 Å². The fourth-order valence-corrected chi connectivity index (χ4v) is 2.65. The fourth-order valence-electron chi connectivity index (χ4n) is 2.65. The van der Waals surface area contributed by atoms with Crippen molar-refractivity contribution in [1.82, 2.24) is 15.2 Å². The van der Waals surface area contributed by atoms with E-state index in [1.165, 1.54) is 0 Å². The Morgan fingerprint density at radius 3 is 2.80 bits per heavy atom. The third-order valence-electron chi connectivity index (χ3n) is 4.06. The number of aromatic amines is 1. The van der Waals surface area contributed by atoms with Gasteiger partial charge < -0.3 is 15.6 Å². The summed E-state index contributed by atoms with van der Waals surface area (Å²) < 4.78 is 5.31. The zero-order chi connectivity index (χ0) is 17.5. The van der Waals surface area contributed by atoms with Crippen LogP contribution in [0.15, 0.2) is 35.3 Å². The lowest BCUT2D eigenvalue weighted by Gasteiger charge is -2.18. The number of hydrogen-bond donors (Lipinski definition) is 3. The number of H-pyrrole nitrogens is 1. The summed E-state index contributed by atoms with van der Waals surface area (Å²) in [5.41, 5.74) is 7.08. The Bertz CT molecular complexity index is 730. The first-order valence-electron chi connectivity index (χ1n) is 8.47. The summed E-state index contributed by atoms with van der Waals surface area (Å²) in [6, 6.07) is 7.42. The number of hydrogen-bond acceptors (Lipinski definition) is 5. The van der Waals surface area contributed by atoms with Gasteiger partial charge in [-0.25, -0.2) is 4.98 Å². The average Bonchev–Trinajstić information content (AvgIpc) is 3.08. The van der Waals surface area contributed by atoms with Crippen LogP contribution in [0.2, 0.25) is 0 Å². The van der Waals surface area contributed by atoms with Crippen LogP contribution in [0.25, 0.3) is 6.08 Å². The SMILES string of the molecule is NC(/C=C\c1n[nH]c(CCc2ccc(O)cc2)n1)=NC1CCOCC1. The van der Waals surface area contributed by atoms with Crippen molar-refractivity contribution < 1.29 is 9.84 Å². The van der Waals surface area contributed by atoms with Crippen LogP contribution in [0, 0.1) is 0 Å². The first-order chi connectivity index (χ1) is 12.2. The highest BCUT2D eigenvalue weighted by atomic mass is 16.5. The minimum atomic E-state index is 0.242. The van der Waals surface area contributed by atoms with Crippen LogP contribution in [0.4, 0.5) is 0 Å². The summed E-state index contributed by atoms with van der Waals surface area (Å²) in [5.74, 6) is 2.16. The van der Waals surface area contributed by atoms with Crippen molar-refractivity contribution in [3.8, 4) is 5.75 Å². The van der Waals surface area contributed by atoms with E-state index in [9.17, 15) is 5.11 Å². The average molecular weight is 341 g/mol. The van der Waals surface area contributed by atoms with Crippen molar-refractivity contribution in [2.45, 2.75) is 31.7 Å². The second-order valence-electron chi connectivity index (χ2n) is 6.04. The number of aryl methyl sites for hydroxylation is 2. The van der Waals surface area contributed by atoms with Crippen LogP contribution in [-0.4, -0.2) is 45.4 Å². The Morgan fingerprint density at radius 1 is 1.28 bits per heavy atom. The number of nitrogens with zero attached hydrogens (tertiary/aromatic N) is 3. The van der Waals surface area contributed by atoms with E-state index >= 15 is 0 Å². The largest absolute Gasteiger partial charge is 0.508 e. The molecule has 0 bridgehead atoms. The van der Waals surface area contributed by atoms with Gasteiger partial charge in [0.2, 0.25) is 0 Å². The molecule has 0 saturated carbocycles. The Morgan fingerprint density at radius 2 is 2.04 bits per heavy atom. The van der Waals surface area contributed by atoms with Crippen molar-refractivity contribution in [2.75, 3.05) is 13.2 Å². The van der Waals surface area contributed by atoms with Gasteiger partial charge in [-0.2, -0.15) is 5.10 Å². The van der Waals surface area contributed by atoms with E-state index in [-0.39, 0.29) is 11.8 Å². The summed E-state index contributed by atoms with van der Waals surface area (Å²) >= 11 is 0. The van der Waals surface area contributed by atoms with Gasteiger partial charge in [0.1, 0.15) is 17.4 Å². The summed E-state index contributed by atoms with van der Waals surface area (Å²) in [5, 5.41) is 16.4. The summed E-state index contributed by atoms with van der Waals surface area (Å²) in [4.78, 5) is 8.91. The quantitative estimate of drug-likeness (QED) is 0.549. The molecule has 0 radical (unpaired) electrons. The molecule has 4 N–H and O–H groups in total. The molecule has 2 heterocycles. The summed E-state index contributed by atoms with van der Waals surface area (Å²) in [7, 11) is 0. The van der Waals surface area contributed by atoms with E-state index in [1.807, 2.05) is 12.1 Å². The number of rotatable bonds is 6. The number of nitrogens with two attached hydrogens (primary N) is 1. The number of amidine groups is 1. The zero-order valence-electron chi connectivity index (χ0n) is 14.1. The lowest BCUT2D eigenvalue weighted by atomic mass is 10.1. The number of phenolic OH excluding ortho intramolecular Hbond substituents is 1. The molecule has 2 aromatic rings. The highest BCUT2D eigenvalue weighted by Gasteiger charge is 2.12. The number of ether oxygens (including phenoxy) is 1. The number of nitrogens with one attached hydrogen (secondary N) is 1. The van der Waals surface area contributed by atoms with Crippen LogP contribution in [0.3, 0.4) is 0 Å². The molecule has 0 aliphatic carbocycles. The lowest BCUT2D eigenvalue weighted by Crippen LogP contribution is -2.22. The first kappa shape index (κ1) is 17.2. The van der Waals surface area contributed by atoms with E-state index in [4.69, 9.17) is 10.5 Å². The molecule has 0 atom stereocenters. The summed E-state index contributed by atoms with van der Waals surface area (Å²) in [6.07, 6.45) is 6.90. The Labute approximate surface area is 146 Å². The van der Waals surface area contributed by atoms with E-state index in [0.29, 0.717) is 11.7 Å². The number of aromatic nitrogens is 3. The van der Waals surface area contributed by atoms with E-state index in [2.05, 4.69) is 20.2 Å². The second-order valence-corrected chi connectivity index (χ2v) is 6.04. The van der Waals surface area contributed by atoms with Gasteiger partial charge in [-0.3, -0.25) is 10.1 Å². The Kier molecular flexibility index (Phi) is 5.79. The highest BCUT2D eigenvalue weighted by molar-refractivity contribution is 5.94. The van der Waals surface area contributed by atoms with Gasteiger partial charge >= 0.3 is 0 Å². The van der Waals surface area contributed by atoms with Gasteiger partial charge in [0.25, 0.3) is 0 Å². The van der Waals surface area contributed by atoms with E-state index in [1.54, 1.807) is 24.3 Å². The van der Waals surface area contributed by atoms with Crippen molar-refractivity contribution in [1.29, 1.82) is 0 Å². The van der Waals surface area contributed by atoms with E-state index in [0.717, 1.165) is 50.3 Å². The monoisotopic (exact) mass is 341 g/mol. The van der Waals surface area contributed by atoms with Crippen molar-refractivity contribution in [2.24, 2.45) is 10.7 Å². The van der Waals surface area contributed by atoms with Gasteiger partial charge in [-0.05, 0) is 49.1 Å². The predicted molar refractivity (Wildman–Crippen MR) is 96.4 cm³/mol. The van der Waals surface area contributed by atoms with Gasteiger partial charge in [-0.1, -0.05) is 12.1 Å². The maximum absolute atomic E-state index is 9.29. The van der Waals surface area contributed by atoms with Gasteiger partial charge in [0.15, 0.2) is 5.82 Å². The molecule has 0 spiro atoms. The molecule has 0 amide bonds. The molecule has 1 aromatic heterocycles. The third kappa shape index (κ3) is 5.42. The van der Waals surface area contributed by atoms with Crippen LogP contribution < -0.4 is 5.73 Å². The summed E-state index contributed by atoms with van der Waals surface area (Å²) in [6.45, 7) is 1.49. The molecule has 1 saturated heterocycles. The minimum absolute atomic E-state index is 0.242. The topological polar surface area (TPSA) is 109 Å². The number of benzene rings is 1. The number of aliphatic imine (C=N–C) groups is 1. The molecule has 1 aliphatic heterocycles. The fraction of sp³-hybridized carbons (Fsp3) is 0.389. The third-order valence-corrected chi connectivity index (χ3v) is 4.06. The van der Waals surface area contributed by atoms with Crippen LogP contribution in [0.5, 0.6) is 5.75 Å². The molecule has 25 heavy (non-hydrogen) atoms. The first-order valence-corrected chi connectivity index (χ1v) is 8.47. The Hall–Kier alpha value is -2.67. The smallest absolute Gasteiger partial charge is 0.174 e. The van der Waals surface area contributed by atoms with Crippen LogP contribution >= 0.6 is 0 Å². The molecule has 0 unspecified atom stereocenters. The van der Waals surface area contributed by atoms with Crippen molar-refractivity contribution in [3.05, 3.63) is 47.6 Å². The minimum Gasteiger partial charge on any atom is -0.508 e. The van der Waals surface area contributed by atoms with Crippen molar-refractivity contribution in [3.63, 3.8) is 0 Å².